The molecule has 0 saturated carbocycles. The van der Waals surface area contributed by atoms with E-state index in [1.54, 1.807) is 0 Å². The summed E-state index contributed by atoms with van der Waals surface area (Å²) in [6.07, 6.45) is 0. The van der Waals surface area contributed by atoms with Crippen molar-refractivity contribution in [2.45, 2.75) is 10.1 Å². The first-order chi connectivity index (χ1) is 9.49. The number of benzene rings is 1. The van der Waals surface area contributed by atoms with E-state index in [1.807, 2.05) is 6.07 Å². The van der Waals surface area contributed by atoms with E-state index in [4.69, 9.17) is 16.7 Å². The van der Waals surface area contributed by atoms with Crippen molar-refractivity contribution >= 4 is 29.1 Å². The van der Waals surface area contributed by atoms with Crippen LogP contribution in [0.3, 0.4) is 0 Å². The van der Waals surface area contributed by atoms with Crippen LogP contribution in [-0.2, 0) is 0 Å². The molecule has 0 unspecified atom stereocenters. The molecule has 0 aliphatic heterocycles. The zero-order valence-corrected chi connectivity index (χ0v) is 10.8. The number of nitro groups is 1. The SMILES string of the molecule is N#Cc1cc([N+](=O)[O-])ccc1Sc1nc(N)cc(N)n1. The Kier molecular flexibility index (Phi) is 3.67. The van der Waals surface area contributed by atoms with E-state index in [0.717, 1.165) is 11.8 Å². The topological polar surface area (TPSA) is 145 Å². The maximum atomic E-state index is 10.7. The van der Waals surface area contributed by atoms with Gasteiger partial charge >= 0.3 is 0 Å². The highest BCUT2D eigenvalue weighted by Crippen LogP contribution is 2.30. The fourth-order valence-electron chi connectivity index (χ4n) is 1.41. The molecule has 2 aromatic rings. The van der Waals surface area contributed by atoms with Gasteiger partial charge in [0.15, 0.2) is 5.16 Å². The van der Waals surface area contributed by atoms with Crippen LogP contribution in [0.1, 0.15) is 5.56 Å². The highest BCUT2D eigenvalue weighted by molar-refractivity contribution is 7.99. The third-order valence-electron chi connectivity index (χ3n) is 2.24. The molecule has 8 nitrogen and oxygen atoms in total. The molecule has 100 valence electrons. The Morgan fingerprint density at radius 1 is 1.25 bits per heavy atom. The van der Waals surface area contributed by atoms with Crippen LogP contribution in [0.4, 0.5) is 17.3 Å². The lowest BCUT2D eigenvalue weighted by Gasteiger charge is -2.04. The molecular formula is C11H8N6O2S. The zero-order chi connectivity index (χ0) is 14.7. The van der Waals surface area contributed by atoms with Crippen molar-refractivity contribution in [3.63, 3.8) is 0 Å². The van der Waals surface area contributed by atoms with Gasteiger partial charge in [0.25, 0.3) is 5.69 Å². The van der Waals surface area contributed by atoms with Gasteiger partial charge in [0.05, 0.1) is 10.5 Å². The molecule has 0 fully saturated rings. The predicted molar refractivity (Wildman–Crippen MR) is 72.8 cm³/mol. The first kappa shape index (κ1) is 13.6. The Labute approximate surface area is 117 Å². The summed E-state index contributed by atoms with van der Waals surface area (Å²) in [5.74, 6) is 0.417. The molecular weight excluding hydrogens is 280 g/mol. The van der Waals surface area contributed by atoms with Crippen molar-refractivity contribution in [3.8, 4) is 6.07 Å². The van der Waals surface area contributed by atoms with Crippen molar-refractivity contribution in [2.24, 2.45) is 0 Å². The van der Waals surface area contributed by atoms with Crippen LogP contribution in [-0.4, -0.2) is 14.9 Å². The molecule has 2 rings (SSSR count). The lowest BCUT2D eigenvalue weighted by Crippen LogP contribution is -1.99. The van der Waals surface area contributed by atoms with Gasteiger partial charge in [0.1, 0.15) is 17.7 Å². The Hall–Kier alpha value is -2.86. The number of nitrogen functional groups attached to an aromatic ring is 2. The quantitative estimate of drug-likeness (QED) is 0.491. The van der Waals surface area contributed by atoms with Gasteiger partial charge in [-0.2, -0.15) is 5.26 Å². The van der Waals surface area contributed by atoms with Crippen LogP contribution in [0, 0.1) is 21.4 Å². The van der Waals surface area contributed by atoms with Gasteiger partial charge < -0.3 is 11.5 Å². The molecule has 0 amide bonds. The molecule has 1 aromatic carbocycles. The molecule has 1 aromatic heterocycles. The molecule has 0 aliphatic carbocycles. The third-order valence-corrected chi connectivity index (χ3v) is 3.18. The molecule has 0 spiro atoms. The number of anilines is 2. The van der Waals surface area contributed by atoms with Crippen molar-refractivity contribution < 1.29 is 4.92 Å². The molecule has 0 atom stereocenters. The zero-order valence-electron chi connectivity index (χ0n) is 9.98. The Balaban J connectivity index is 2.38. The summed E-state index contributed by atoms with van der Waals surface area (Å²) in [5.41, 5.74) is 11.1. The highest BCUT2D eigenvalue weighted by atomic mass is 32.2. The summed E-state index contributed by atoms with van der Waals surface area (Å²) in [7, 11) is 0. The van der Waals surface area contributed by atoms with Crippen molar-refractivity contribution in [2.75, 3.05) is 11.5 Å². The Morgan fingerprint density at radius 2 is 1.90 bits per heavy atom. The average molecular weight is 288 g/mol. The van der Waals surface area contributed by atoms with Gasteiger partial charge in [-0.1, -0.05) is 0 Å². The smallest absolute Gasteiger partial charge is 0.270 e. The van der Waals surface area contributed by atoms with E-state index >= 15 is 0 Å². The first-order valence-electron chi connectivity index (χ1n) is 5.26. The lowest BCUT2D eigenvalue weighted by molar-refractivity contribution is -0.384. The summed E-state index contributed by atoms with van der Waals surface area (Å²) < 4.78 is 0. The van der Waals surface area contributed by atoms with Gasteiger partial charge in [0, 0.05) is 23.1 Å². The summed E-state index contributed by atoms with van der Waals surface area (Å²) in [4.78, 5) is 18.5. The summed E-state index contributed by atoms with van der Waals surface area (Å²) in [6, 6.07) is 7.26. The maximum absolute atomic E-state index is 10.7. The predicted octanol–water partition coefficient (Wildman–Crippen LogP) is 1.57. The summed E-state index contributed by atoms with van der Waals surface area (Å²) in [5, 5.41) is 20.0. The van der Waals surface area contributed by atoms with Gasteiger partial charge in [0.2, 0.25) is 0 Å². The second kappa shape index (κ2) is 5.41. The molecule has 4 N–H and O–H groups in total. The number of nitriles is 1. The van der Waals surface area contributed by atoms with Crippen LogP contribution in [0.15, 0.2) is 34.3 Å². The lowest BCUT2D eigenvalue weighted by atomic mass is 10.2. The van der Waals surface area contributed by atoms with Gasteiger partial charge in [-0.15, -0.1) is 0 Å². The minimum absolute atomic E-state index is 0.154. The average Bonchev–Trinajstić information content (AvgIpc) is 2.37. The van der Waals surface area contributed by atoms with Gasteiger partial charge in [-0.25, -0.2) is 9.97 Å². The molecule has 0 saturated heterocycles. The maximum Gasteiger partial charge on any atom is 0.270 e. The Morgan fingerprint density at radius 3 is 2.45 bits per heavy atom. The van der Waals surface area contributed by atoms with E-state index < -0.39 is 4.92 Å². The molecule has 1 heterocycles. The van der Waals surface area contributed by atoms with E-state index in [9.17, 15) is 10.1 Å². The molecule has 9 heteroatoms. The van der Waals surface area contributed by atoms with Crippen LogP contribution >= 0.6 is 11.8 Å². The number of non-ortho nitro benzene ring substituents is 1. The van der Waals surface area contributed by atoms with Gasteiger partial charge in [-0.3, -0.25) is 10.1 Å². The fourth-order valence-corrected chi connectivity index (χ4v) is 2.26. The summed E-state index contributed by atoms with van der Waals surface area (Å²) in [6.45, 7) is 0. The van der Waals surface area contributed by atoms with Gasteiger partial charge in [-0.05, 0) is 17.8 Å². The second-order valence-electron chi connectivity index (χ2n) is 3.65. The van der Waals surface area contributed by atoms with Crippen LogP contribution < -0.4 is 11.5 Å². The number of hydrogen-bond donors (Lipinski definition) is 2. The van der Waals surface area contributed by atoms with Crippen molar-refractivity contribution in [3.05, 3.63) is 39.9 Å². The van der Waals surface area contributed by atoms with Crippen LogP contribution in [0.25, 0.3) is 0 Å². The molecule has 0 aliphatic rings. The standard InChI is InChI=1S/C11H8N6O2S/c12-5-6-3-7(17(18)19)1-2-8(6)20-11-15-9(13)4-10(14)16-11/h1-4H,(H4,13,14,15,16). The molecule has 0 bridgehead atoms. The Bertz CT molecular complexity index is 707. The normalized spacial score (nSPS) is 9.95. The number of rotatable bonds is 3. The highest BCUT2D eigenvalue weighted by Gasteiger charge is 2.13. The van der Waals surface area contributed by atoms with E-state index in [2.05, 4.69) is 9.97 Å². The number of nitrogens with two attached hydrogens (primary N) is 2. The minimum atomic E-state index is -0.565. The summed E-state index contributed by atoms with van der Waals surface area (Å²) >= 11 is 1.06. The first-order valence-corrected chi connectivity index (χ1v) is 6.07. The minimum Gasteiger partial charge on any atom is -0.383 e. The third kappa shape index (κ3) is 2.93. The van der Waals surface area contributed by atoms with Crippen LogP contribution in [0.2, 0.25) is 0 Å². The fraction of sp³-hybridized carbons (Fsp3) is 0. The number of nitrogens with zero attached hydrogens (tertiary/aromatic N) is 4. The number of hydrogen-bond acceptors (Lipinski definition) is 8. The largest absolute Gasteiger partial charge is 0.383 e. The number of nitro benzene ring substituents is 1. The monoisotopic (exact) mass is 288 g/mol. The van der Waals surface area contributed by atoms with Crippen molar-refractivity contribution in [1.29, 1.82) is 5.26 Å². The van der Waals surface area contributed by atoms with E-state index in [0.29, 0.717) is 4.90 Å². The number of aromatic nitrogens is 2. The van der Waals surface area contributed by atoms with E-state index in [1.165, 1.54) is 24.3 Å². The molecule has 20 heavy (non-hydrogen) atoms. The molecule has 0 radical (unpaired) electrons. The van der Waals surface area contributed by atoms with E-state index in [-0.39, 0.29) is 28.0 Å². The van der Waals surface area contributed by atoms with Crippen LogP contribution in [0.5, 0.6) is 0 Å². The van der Waals surface area contributed by atoms with Crippen molar-refractivity contribution in [1.82, 2.24) is 9.97 Å². The second-order valence-corrected chi connectivity index (χ2v) is 4.66.